The molecule has 0 atom stereocenters. The minimum atomic E-state index is -3.34. The third-order valence-electron chi connectivity index (χ3n) is 3.05. The normalized spacial score (nSPS) is 11.5. The molecule has 0 heterocycles. The van der Waals surface area contributed by atoms with E-state index in [2.05, 4.69) is 0 Å². The van der Waals surface area contributed by atoms with Crippen LogP contribution in [0.25, 0.3) is 0 Å². The number of aliphatic carboxylic acids is 1. The molecule has 6 heteroatoms. The summed E-state index contributed by atoms with van der Waals surface area (Å²) in [5, 5.41) is 8.61. The van der Waals surface area contributed by atoms with E-state index in [1.165, 1.54) is 12.1 Å². The van der Waals surface area contributed by atoms with Gasteiger partial charge in [-0.3, -0.25) is 4.79 Å². The van der Waals surface area contributed by atoms with Crippen LogP contribution in [0.5, 0.6) is 0 Å². The van der Waals surface area contributed by atoms with Gasteiger partial charge in [-0.25, -0.2) is 8.42 Å². The molecule has 1 aromatic rings. The second-order valence-electron chi connectivity index (χ2n) is 4.82. The van der Waals surface area contributed by atoms with E-state index in [1.54, 1.807) is 12.1 Å². The molecular weight excluding hydrogens is 292 g/mol. The zero-order chi connectivity index (χ0) is 15.7. The highest BCUT2D eigenvalue weighted by Crippen LogP contribution is 2.13. The van der Waals surface area contributed by atoms with Crippen molar-refractivity contribution in [3.05, 3.63) is 29.8 Å². The molecule has 0 bridgehead atoms. The van der Waals surface area contributed by atoms with Crippen molar-refractivity contribution in [2.75, 3.05) is 19.0 Å². The molecule has 0 amide bonds. The van der Waals surface area contributed by atoms with Gasteiger partial charge in [-0.15, -0.1) is 0 Å². The van der Waals surface area contributed by atoms with Gasteiger partial charge in [0.1, 0.15) is 0 Å². The van der Waals surface area contributed by atoms with E-state index in [9.17, 15) is 13.2 Å². The molecule has 1 aromatic carbocycles. The lowest BCUT2D eigenvalue weighted by atomic mass is 10.1. The van der Waals surface area contributed by atoms with Crippen molar-refractivity contribution < 1.29 is 23.1 Å². The van der Waals surface area contributed by atoms with Gasteiger partial charge in [0, 0.05) is 13.0 Å². The van der Waals surface area contributed by atoms with Crippen LogP contribution in [0.4, 0.5) is 0 Å². The molecule has 0 saturated heterocycles. The van der Waals surface area contributed by atoms with Crippen LogP contribution in [-0.4, -0.2) is 38.5 Å². The summed E-state index contributed by atoms with van der Waals surface area (Å²) in [7, 11) is -3.34. The van der Waals surface area contributed by atoms with E-state index in [0.29, 0.717) is 13.0 Å². The molecule has 0 aromatic heterocycles. The fraction of sp³-hybridized carbons (Fsp3) is 0.533. The Morgan fingerprint density at radius 2 is 1.86 bits per heavy atom. The van der Waals surface area contributed by atoms with Gasteiger partial charge in [0.05, 0.1) is 17.3 Å². The van der Waals surface area contributed by atoms with Gasteiger partial charge in [-0.05, 0) is 30.5 Å². The molecule has 0 fully saturated rings. The standard InChI is InChI=1S/C15H22O5S/c1-2-3-10-20-11-12-21(18,19)14-7-4-13(5-8-14)6-9-15(16)17/h4-5,7-8H,2-3,6,9-12H2,1H3,(H,16,17). The summed E-state index contributed by atoms with van der Waals surface area (Å²) >= 11 is 0. The molecule has 21 heavy (non-hydrogen) atoms. The van der Waals surface area contributed by atoms with E-state index in [0.717, 1.165) is 18.4 Å². The molecule has 1 rings (SSSR count). The second kappa shape index (κ2) is 8.79. The summed E-state index contributed by atoms with van der Waals surface area (Å²) in [5.41, 5.74) is 0.815. The smallest absolute Gasteiger partial charge is 0.303 e. The summed E-state index contributed by atoms with van der Waals surface area (Å²) in [6, 6.07) is 6.37. The number of sulfone groups is 1. The van der Waals surface area contributed by atoms with Gasteiger partial charge in [-0.2, -0.15) is 0 Å². The maximum atomic E-state index is 12.1. The Kier molecular flexibility index (Phi) is 7.39. The molecule has 0 aliphatic carbocycles. The monoisotopic (exact) mass is 314 g/mol. The average Bonchev–Trinajstić information content (AvgIpc) is 2.45. The fourth-order valence-electron chi connectivity index (χ4n) is 1.75. The first-order chi connectivity index (χ1) is 9.95. The fourth-order valence-corrected chi connectivity index (χ4v) is 2.87. The van der Waals surface area contributed by atoms with Gasteiger partial charge >= 0.3 is 5.97 Å². The van der Waals surface area contributed by atoms with E-state index in [4.69, 9.17) is 9.84 Å². The van der Waals surface area contributed by atoms with Crippen LogP contribution < -0.4 is 0 Å². The minimum Gasteiger partial charge on any atom is -0.481 e. The zero-order valence-electron chi connectivity index (χ0n) is 12.2. The lowest BCUT2D eigenvalue weighted by Gasteiger charge is -2.06. The lowest BCUT2D eigenvalue weighted by molar-refractivity contribution is -0.136. The number of aryl methyl sites for hydroxylation is 1. The van der Waals surface area contributed by atoms with Crippen molar-refractivity contribution >= 4 is 15.8 Å². The Morgan fingerprint density at radius 3 is 2.43 bits per heavy atom. The van der Waals surface area contributed by atoms with Gasteiger partial charge in [0.15, 0.2) is 9.84 Å². The number of hydrogen-bond acceptors (Lipinski definition) is 4. The van der Waals surface area contributed by atoms with Gasteiger partial charge < -0.3 is 9.84 Å². The van der Waals surface area contributed by atoms with E-state index < -0.39 is 15.8 Å². The van der Waals surface area contributed by atoms with Crippen LogP contribution in [0.2, 0.25) is 0 Å². The summed E-state index contributed by atoms with van der Waals surface area (Å²) < 4.78 is 29.4. The third kappa shape index (κ3) is 6.73. The van der Waals surface area contributed by atoms with Crippen LogP contribution in [-0.2, 0) is 25.8 Å². The first-order valence-corrected chi connectivity index (χ1v) is 8.72. The number of benzene rings is 1. The minimum absolute atomic E-state index is 0.0365. The Bertz CT molecular complexity index is 534. The highest BCUT2D eigenvalue weighted by atomic mass is 32.2. The molecule has 0 aliphatic heterocycles. The predicted molar refractivity (Wildman–Crippen MR) is 80.2 cm³/mol. The van der Waals surface area contributed by atoms with E-state index >= 15 is 0 Å². The Morgan fingerprint density at radius 1 is 1.19 bits per heavy atom. The van der Waals surface area contributed by atoms with Crippen molar-refractivity contribution in [1.82, 2.24) is 0 Å². The lowest BCUT2D eigenvalue weighted by Crippen LogP contribution is -2.13. The second-order valence-corrected chi connectivity index (χ2v) is 6.93. The summed E-state index contributed by atoms with van der Waals surface area (Å²) in [6.45, 7) is 2.83. The van der Waals surface area contributed by atoms with Gasteiger partial charge in [0.25, 0.3) is 0 Å². The number of carbonyl (C=O) groups is 1. The van der Waals surface area contributed by atoms with Crippen LogP contribution in [0.3, 0.4) is 0 Å². The maximum absolute atomic E-state index is 12.1. The molecule has 0 radical (unpaired) electrons. The van der Waals surface area contributed by atoms with E-state index in [-0.39, 0.29) is 23.7 Å². The van der Waals surface area contributed by atoms with E-state index in [1.807, 2.05) is 6.92 Å². The number of unbranched alkanes of at least 4 members (excludes halogenated alkanes) is 1. The predicted octanol–water partition coefficient (Wildman–Crippen LogP) is 2.29. The Hall–Kier alpha value is -1.40. The maximum Gasteiger partial charge on any atom is 0.303 e. The van der Waals surface area contributed by atoms with Gasteiger partial charge in [-0.1, -0.05) is 25.5 Å². The highest BCUT2D eigenvalue weighted by molar-refractivity contribution is 7.91. The summed E-state index contributed by atoms with van der Waals surface area (Å²) in [6.07, 6.45) is 2.38. The third-order valence-corrected chi connectivity index (χ3v) is 4.74. The van der Waals surface area contributed by atoms with Crippen molar-refractivity contribution in [1.29, 1.82) is 0 Å². The molecule has 0 unspecified atom stereocenters. The molecule has 5 nitrogen and oxygen atoms in total. The molecule has 0 spiro atoms. The SMILES string of the molecule is CCCCOCCS(=O)(=O)c1ccc(CCC(=O)O)cc1. The van der Waals surface area contributed by atoms with Crippen LogP contribution in [0, 0.1) is 0 Å². The van der Waals surface area contributed by atoms with Crippen LogP contribution in [0.1, 0.15) is 31.7 Å². The highest BCUT2D eigenvalue weighted by Gasteiger charge is 2.14. The first kappa shape index (κ1) is 17.7. The largest absolute Gasteiger partial charge is 0.481 e. The Labute approximate surface area is 125 Å². The van der Waals surface area contributed by atoms with Gasteiger partial charge in [0.2, 0.25) is 0 Å². The number of ether oxygens (including phenoxy) is 1. The summed E-state index contributed by atoms with van der Waals surface area (Å²) in [4.78, 5) is 10.7. The average molecular weight is 314 g/mol. The topological polar surface area (TPSA) is 80.7 Å². The van der Waals surface area contributed by atoms with Crippen molar-refractivity contribution in [3.63, 3.8) is 0 Å². The molecule has 118 valence electrons. The van der Waals surface area contributed by atoms with Crippen LogP contribution in [0.15, 0.2) is 29.2 Å². The zero-order valence-corrected chi connectivity index (χ0v) is 13.1. The Balaban J connectivity index is 2.52. The first-order valence-electron chi connectivity index (χ1n) is 7.07. The quantitative estimate of drug-likeness (QED) is 0.670. The van der Waals surface area contributed by atoms with Crippen molar-refractivity contribution in [2.24, 2.45) is 0 Å². The van der Waals surface area contributed by atoms with Crippen LogP contribution >= 0.6 is 0 Å². The molecule has 0 aliphatic rings. The summed E-state index contributed by atoms with van der Waals surface area (Å²) in [5.74, 6) is -0.901. The number of carboxylic acid groups (broad SMARTS) is 1. The van der Waals surface area contributed by atoms with Crippen molar-refractivity contribution in [2.45, 2.75) is 37.5 Å². The molecular formula is C15H22O5S. The molecule has 0 saturated carbocycles. The van der Waals surface area contributed by atoms with Crippen molar-refractivity contribution in [3.8, 4) is 0 Å². The number of rotatable bonds is 10. The number of carboxylic acids is 1. The molecule has 1 N–H and O–H groups in total. The number of hydrogen-bond donors (Lipinski definition) is 1.